The van der Waals surface area contributed by atoms with E-state index >= 15 is 0 Å². The molecule has 7 nitrogen and oxygen atoms in total. The third kappa shape index (κ3) is 4.74. The van der Waals surface area contributed by atoms with Crippen molar-refractivity contribution in [3.8, 4) is 0 Å². The average molecular weight is 366 g/mol. The predicted octanol–water partition coefficient (Wildman–Crippen LogP) is 2.22. The first kappa shape index (κ1) is 18.2. The number of nitrogens with one attached hydrogen (secondary N) is 1. The largest absolute Gasteiger partial charge is 0.414 e. The number of carbonyl (C=O) groups is 2. The van der Waals surface area contributed by atoms with Gasteiger partial charge in [0, 0.05) is 19.0 Å². The molecule has 0 radical (unpaired) electrons. The molecule has 1 aliphatic heterocycles. The molecule has 0 aromatic carbocycles. The molecule has 3 unspecified atom stereocenters. The lowest BCUT2D eigenvalue weighted by Gasteiger charge is -2.34. The van der Waals surface area contributed by atoms with Crippen LogP contribution in [0.15, 0.2) is 9.64 Å². The van der Waals surface area contributed by atoms with Crippen LogP contribution in [0, 0.1) is 11.8 Å². The second-order valence-electron chi connectivity index (χ2n) is 7.11. The third-order valence-corrected chi connectivity index (χ3v) is 6.14. The van der Waals surface area contributed by atoms with Crippen LogP contribution in [0.1, 0.15) is 51.8 Å². The van der Waals surface area contributed by atoms with Crippen LogP contribution >= 0.6 is 11.8 Å². The van der Waals surface area contributed by atoms with Gasteiger partial charge in [0.05, 0.1) is 12.3 Å². The van der Waals surface area contributed by atoms with Crippen molar-refractivity contribution in [1.29, 1.82) is 0 Å². The van der Waals surface area contributed by atoms with Crippen molar-refractivity contribution < 1.29 is 14.0 Å². The van der Waals surface area contributed by atoms with Crippen molar-refractivity contribution in [2.75, 3.05) is 12.3 Å². The standard InChI is InChI=1S/C17H26N4O3S/c1-11-5-3-6-13(12(11)2)18-14(22)10-25-17-20-19-15(24-17)9-21-8-4-7-16(21)23/h11-13H,3-10H2,1-2H3,(H,18,22). The van der Waals surface area contributed by atoms with Gasteiger partial charge < -0.3 is 14.6 Å². The lowest BCUT2D eigenvalue weighted by molar-refractivity contribution is -0.128. The zero-order valence-electron chi connectivity index (χ0n) is 14.9. The number of carbonyl (C=O) groups excluding carboxylic acids is 2. The Hall–Kier alpha value is -1.57. The van der Waals surface area contributed by atoms with Crippen molar-refractivity contribution in [2.24, 2.45) is 11.8 Å². The summed E-state index contributed by atoms with van der Waals surface area (Å²) < 4.78 is 5.54. The molecule has 2 aliphatic rings. The summed E-state index contributed by atoms with van der Waals surface area (Å²) >= 11 is 1.24. The number of amides is 2. The highest BCUT2D eigenvalue weighted by Crippen LogP contribution is 2.29. The number of hydrogen-bond acceptors (Lipinski definition) is 6. The Morgan fingerprint density at radius 3 is 2.92 bits per heavy atom. The maximum atomic E-state index is 12.2. The molecule has 1 saturated carbocycles. The van der Waals surface area contributed by atoms with Gasteiger partial charge in [-0.25, -0.2) is 0 Å². The molecular formula is C17H26N4O3S. The van der Waals surface area contributed by atoms with Crippen LogP contribution in [0.5, 0.6) is 0 Å². The molecule has 138 valence electrons. The van der Waals surface area contributed by atoms with E-state index in [-0.39, 0.29) is 23.6 Å². The normalized spacial score (nSPS) is 26.9. The van der Waals surface area contributed by atoms with E-state index < -0.39 is 0 Å². The highest BCUT2D eigenvalue weighted by Gasteiger charge is 2.28. The lowest BCUT2D eigenvalue weighted by atomic mass is 9.78. The molecule has 8 heteroatoms. The topological polar surface area (TPSA) is 88.3 Å². The second-order valence-corrected chi connectivity index (χ2v) is 8.04. The van der Waals surface area contributed by atoms with E-state index in [0.29, 0.717) is 35.9 Å². The Bertz CT molecular complexity index is 621. The van der Waals surface area contributed by atoms with Crippen LogP contribution in [0.25, 0.3) is 0 Å². The van der Waals surface area contributed by atoms with Gasteiger partial charge in [-0.15, -0.1) is 10.2 Å². The van der Waals surface area contributed by atoms with Crippen LogP contribution in [0.3, 0.4) is 0 Å². The van der Waals surface area contributed by atoms with Crippen LogP contribution in [0.2, 0.25) is 0 Å². The summed E-state index contributed by atoms with van der Waals surface area (Å²) in [4.78, 5) is 25.5. The minimum Gasteiger partial charge on any atom is -0.414 e. The maximum absolute atomic E-state index is 12.2. The van der Waals surface area contributed by atoms with E-state index in [1.807, 2.05) is 0 Å². The molecule has 2 heterocycles. The van der Waals surface area contributed by atoms with E-state index in [1.54, 1.807) is 4.90 Å². The van der Waals surface area contributed by atoms with Gasteiger partial charge in [-0.3, -0.25) is 9.59 Å². The Labute approximate surface area is 152 Å². The number of rotatable bonds is 6. The van der Waals surface area contributed by atoms with Gasteiger partial charge in [-0.1, -0.05) is 38.5 Å². The van der Waals surface area contributed by atoms with Gasteiger partial charge in [-0.2, -0.15) is 0 Å². The number of aromatic nitrogens is 2. The highest BCUT2D eigenvalue weighted by atomic mass is 32.2. The fourth-order valence-corrected chi connectivity index (χ4v) is 4.15. The third-order valence-electron chi connectivity index (χ3n) is 5.33. The molecule has 1 saturated heterocycles. The summed E-state index contributed by atoms with van der Waals surface area (Å²) in [5.74, 6) is 1.98. The molecule has 1 aliphatic carbocycles. The van der Waals surface area contributed by atoms with Crippen molar-refractivity contribution in [3.05, 3.63) is 5.89 Å². The van der Waals surface area contributed by atoms with E-state index in [0.717, 1.165) is 19.4 Å². The summed E-state index contributed by atoms with van der Waals surface area (Å²) in [6.07, 6.45) is 4.94. The van der Waals surface area contributed by atoms with Crippen molar-refractivity contribution in [3.63, 3.8) is 0 Å². The van der Waals surface area contributed by atoms with E-state index in [2.05, 4.69) is 29.4 Å². The Balaban J connectivity index is 1.44. The Morgan fingerprint density at radius 2 is 2.16 bits per heavy atom. The maximum Gasteiger partial charge on any atom is 0.277 e. The average Bonchev–Trinajstić information content (AvgIpc) is 3.20. The quantitative estimate of drug-likeness (QED) is 0.777. The molecule has 0 spiro atoms. The van der Waals surface area contributed by atoms with Crippen molar-refractivity contribution >= 4 is 23.6 Å². The first-order valence-electron chi connectivity index (χ1n) is 9.05. The zero-order chi connectivity index (χ0) is 17.8. The molecular weight excluding hydrogens is 340 g/mol. The van der Waals surface area contributed by atoms with Crippen LogP contribution in [0.4, 0.5) is 0 Å². The van der Waals surface area contributed by atoms with Gasteiger partial charge in [0.15, 0.2) is 0 Å². The van der Waals surface area contributed by atoms with E-state index in [9.17, 15) is 9.59 Å². The first-order chi connectivity index (χ1) is 12.0. The predicted molar refractivity (Wildman–Crippen MR) is 93.8 cm³/mol. The number of thioether (sulfide) groups is 1. The molecule has 1 aromatic rings. The fourth-order valence-electron chi connectivity index (χ4n) is 3.56. The van der Waals surface area contributed by atoms with Gasteiger partial charge in [0.25, 0.3) is 5.22 Å². The Morgan fingerprint density at radius 1 is 1.32 bits per heavy atom. The molecule has 1 aromatic heterocycles. The van der Waals surface area contributed by atoms with Crippen LogP contribution in [-0.2, 0) is 16.1 Å². The zero-order valence-corrected chi connectivity index (χ0v) is 15.7. The Kier molecular flexibility index (Phi) is 5.98. The van der Waals surface area contributed by atoms with Gasteiger partial charge in [0.1, 0.15) is 0 Å². The number of nitrogens with zero attached hydrogens (tertiary/aromatic N) is 3. The SMILES string of the molecule is CC1CCCC(NC(=O)CSc2nnc(CN3CCCC3=O)o2)C1C. The molecule has 3 atom stereocenters. The van der Waals surface area contributed by atoms with Gasteiger partial charge in [-0.05, 0) is 24.7 Å². The number of likely N-dealkylation sites (tertiary alicyclic amines) is 1. The van der Waals surface area contributed by atoms with Crippen LogP contribution in [-0.4, -0.2) is 45.3 Å². The first-order valence-corrected chi connectivity index (χ1v) is 10.0. The van der Waals surface area contributed by atoms with Gasteiger partial charge >= 0.3 is 0 Å². The van der Waals surface area contributed by atoms with E-state index in [1.165, 1.54) is 24.6 Å². The van der Waals surface area contributed by atoms with Gasteiger partial charge in [0.2, 0.25) is 17.7 Å². The smallest absolute Gasteiger partial charge is 0.277 e. The summed E-state index contributed by atoms with van der Waals surface area (Å²) in [6, 6.07) is 0.260. The van der Waals surface area contributed by atoms with Crippen LogP contribution < -0.4 is 5.32 Å². The summed E-state index contributed by atoms with van der Waals surface area (Å²) in [5.41, 5.74) is 0. The minimum absolute atomic E-state index is 0.00502. The van der Waals surface area contributed by atoms with E-state index in [4.69, 9.17) is 4.42 Å². The molecule has 2 amide bonds. The summed E-state index contributed by atoms with van der Waals surface area (Å²) in [6.45, 7) is 5.56. The summed E-state index contributed by atoms with van der Waals surface area (Å²) in [5, 5.41) is 11.4. The lowest BCUT2D eigenvalue weighted by Crippen LogP contribution is -2.44. The number of hydrogen-bond donors (Lipinski definition) is 1. The monoisotopic (exact) mass is 366 g/mol. The van der Waals surface area contributed by atoms with Crippen molar-refractivity contribution in [2.45, 2.75) is 63.8 Å². The minimum atomic E-state index is 0.00502. The van der Waals surface area contributed by atoms with Crippen molar-refractivity contribution in [1.82, 2.24) is 20.4 Å². The molecule has 25 heavy (non-hydrogen) atoms. The second kappa shape index (κ2) is 8.21. The fraction of sp³-hybridized carbons (Fsp3) is 0.765. The molecule has 0 bridgehead atoms. The molecule has 2 fully saturated rings. The molecule has 3 rings (SSSR count). The summed E-state index contributed by atoms with van der Waals surface area (Å²) in [7, 11) is 0. The highest BCUT2D eigenvalue weighted by molar-refractivity contribution is 7.99. The molecule has 1 N–H and O–H groups in total.